The summed E-state index contributed by atoms with van der Waals surface area (Å²) in [7, 11) is 0. The highest BCUT2D eigenvalue weighted by atomic mass is 16.6. The van der Waals surface area contributed by atoms with Crippen LogP contribution in [0.5, 0.6) is 0 Å². The van der Waals surface area contributed by atoms with E-state index in [0.717, 1.165) is 5.69 Å². The van der Waals surface area contributed by atoms with Crippen molar-refractivity contribution in [3.05, 3.63) is 42.1 Å². The van der Waals surface area contributed by atoms with E-state index in [2.05, 4.69) is 5.32 Å². The van der Waals surface area contributed by atoms with Crippen molar-refractivity contribution in [2.45, 2.75) is 6.92 Å². The molecule has 5 nitrogen and oxygen atoms in total. The molecule has 0 unspecified atom stereocenters. The second kappa shape index (κ2) is 6.04. The van der Waals surface area contributed by atoms with Crippen LogP contribution in [0.15, 0.2) is 42.1 Å². The number of nitrogens with one attached hydrogen (secondary N) is 1. The summed E-state index contributed by atoms with van der Waals surface area (Å²) < 4.78 is 4.91. The van der Waals surface area contributed by atoms with Crippen molar-refractivity contribution in [3.8, 4) is 0 Å². The minimum absolute atomic E-state index is 0.0683. The zero-order valence-electron chi connectivity index (χ0n) is 10.8. The maximum absolute atomic E-state index is 11.6. The third kappa shape index (κ3) is 3.58. The first-order chi connectivity index (χ1) is 9.19. The van der Waals surface area contributed by atoms with Gasteiger partial charge in [-0.1, -0.05) is 18.2 Å². The van der Waals surface area contributed by atoms with Gasteiger partial charge in [-0.05, 0) is 19.1 Å². The molecule has 1 amide bonds. The molecule has 1 aliphatic rings. The maximum atomic E-state index is 11.6. The van der Waals surface area contributed by atoms with Crippen molar-refractivity contribution < 1.29 is 14.3 Å². The van der Waals surface area contributed by atoms with Crippen LogP contribution in [0.2, 0.25) is 0 Å². The number of anilines is 1. The largest absolute Gasteiger partial charge is 0.450 e. The molecule has 100 valence electrons. The van der Waals surface area contributed by atoms with Gasteiger partial charge in [0, 0.05) is 17.5 Å². The molecule has 0 spiro atoms. The Morgan fingerprint density at radius 3 is 2.74 bits per heavy atom. The number of ketones is 1. The molecule has 1 heterocycles. The van der Waals surface area contributed by atoms with Gasteiger partial charge in [0.15, 0.2) is 5.78 Å². The molecule has 5 heteroatoms. The summed E-state index contributed by atoms with van der Waals surface area (Å²) in [6.07, 6.45) is 1.07. The number of nitrogens with zero attached hydrogens (tertiary/aromatic N) is 1. The van der Waals surface area contributed by atoms with Gasteiger partial charge in [0.1, 0.15) is 0 Å². The zero-order chi connectivity index (χ0) is 13.7. The van der Waals surface area contributed by atoms with E-state index in [1.54, 1.807) is 6.92 Å². The molecule has 0 aliphatic carbocycles. The number of carbonyl (C=O) groups is 2. The number of carbonyl (C=O) groups excluding carboxylic acids is 2. The second-order valence-electron chi connectivity index (χ2n) is 4.18. The zero-order valence-corrected chi connectivity index (χ0v) is 10.8. The average Bonchev–Trinajstić information content (AvgIpc) is 2.39. The van der Waals surface area contributed by atoms with Crippen LogP contribution >= 0.6 is 0 Å². The molecule has 2 rings (SSSR count). The molecule has 0 fully saturated rings. The molecule has 0 aromatic heterocycles. The predicted octanol–water partition coefficient (Wildman–Crippen LogP) is 2.02. The van der Waals surface area contributed by atoms with Crippen molar-refractivity contribution >= 4 is 17.6 Å². The third-order valence-corrected chi connectivity index (χ3v) is 2.65. The standard InChI is InChI=1S/C14H16N2O3/c1-2-19-14(18)16-9-12(8-13(17)10-16)15-11-6-4-3-5-7-11/h3-8,15H,2,9-10H2,1H3. The Balaban J connectivity index is 2.05. The summed E-state index contributed by atoms with van der Waals surface area (Å²) in [4.78, 5) is 24.6. The minimum Gasteiger partial charge on any atom is -0.450 e. The van der Waals surface area contributed by atoms with Gasteiger partial charge in [-0.3, -0.25) is 9.69 Å². The molecule has 0 bridgehead atoms. The molecule has 1 aromatic rings. The van der Waals surface area contributed by atoms with Crippen molar-refractivity contribution in [2.75, 3.05) is 25.0 Å². The van der Waals surface area contributed by atoms with E-state index >= 15 is 0 Å². The highest BCUT2D eigenvalue weighted by Gasteiger charge is 2.23. The number of hydrogen-bond donors (Lipinski definition) is 1. The number of rotatable bonds is 3. The van der Waals surface area contributed by atoms with Crippen LogP contribution in [0.3, 0.4) is 0 Å². The number of hydrogen-bond acceptors (Lipinski definition) is 4. The van der Waals surface area contributed by atoms with E-state index in [0.29, 0.717) is 18.8 Å². The van der Waals surface area contributed by atoms with Crippen molar-refractivity contribution in [2.24, 2.45) is 0 Å². The second-order valence-corrected chi connectivity index (χ2v) is 4.18. The minimum atomic E-state index is -0.462. The fourth-order valence-corrected chi connectivity index (χ4v) is 1.86. The summed E-state index contributed by atoms with van der Waals surface area (Å²) in [6, 6.07) is 9.51. The molecule has 1 N–H and O–H groups in total. The SMILES string of the molecule is CCOC(=O)N1CC(=O)C=C(Nc2ccccc2)C1. The first kappa shape index (κ1) is 13.1. The molecule has 19 heavy (non-hydrogen) atoms. The monoisotopic (exact) mass is 260 g/mol. The van der Waals surface area contributed by atoms with Gasteiger partial charge in [-0.2, -0.15) is 0 Å². The van der Waals surface area contributed by atoms with E-state index in [1.807, 2.05) is 30.3 Å². The molecular formula is C14H16N2O3. The lowest BCUT2D eigenvalue weighted by atomic mass is 10.2. The van der Waals surface area contributed by atoms with Crippen molar-refractivity contribution in [3.63, 3.8) is 0 Å². The molecule has 1 aliphatic heterocycles. The Morgan fingerprint density at radius 2 is 2.05 bits per heavy atom. The number of benzene rings is 1. The quantitative estimate of drug-likeness (QED) is 0.903. The lowest BCUT2D eigenvalue weighted by molar-refractivity contribution is -0.116. The molecule has 0 radical (unpaired) electrons. The van der Waals surface area contributed by atoms with Gasteiger partial charge in [0.25, 0.3) is 0 Å². The summed E-state index contributed by atoms with van der Waals surface area (Å²) in [5, 5.41) is 3.13. The molecule has 0 atom stereocenters. The van der Waals surface area contributed by atoms with E-state index in [9.17, 15) is 9.59 Å². The highest BCUT2D eigenvalue weighted by Crippen LogP contribution is 2.13. The van der Waals surface area contributed by atoms with E-state index in [4.69, 9.17) is 4.74 Å². The first-order valence-electron chi connectivity index (χ1n) is 6.16. The van der Waals surface area contributed by atoms with Crippen LogP contribution in [-0.2, 0) is 9.53 Å². The summed E-state index contributed by atoms with van der Waals surface area (Å²) in [5.41, 5.74) is 1.57. The van der Waals surface area contributed by atoms with Gasteiger partial charge in [0.2, 0.25) is 0 Å². The molecular weight excluding hydrogens is 244 g/mol. The predicted molar refractivity (Wildman–Crippen MR) is 71.7 cm³/mol. The van der Waals surface area contributed by atoms with Crippen LogP contribution < -0.4 is 5.32 Å². The fraction of sp³-hybridized carbons (Fsp3) is 0.286. The Bertz CT molecular complexity index is 497. The van der Waals surface area contributed by atoms with Gasteiger partial charge < -0.3 is 10.1 Å². The van der Waals surface area contributed by atoms with E-state index < -0.39 is 6.09 Å². The lowest BCUT2D eigenvalue weighted by Crippen LogP contribution is -2.41. The summed E-state index contributed by atoms with van der Waals surface area (Å²) >= 11 is 0. The summed E-state index contributed by atoms with van der Waals surface area (Å²) in [6.45, 7) is 2.45. The van der Waals surface area contributed by atoms with Gasteiger partial charge in [0.05, 0.1) is 19.7 Å². The molecule has 0 saturated heterocycles. The first-order valence-corrected chi connectivity index (χ1v) is 6.16. The van der Waals surface area contributed by atoms with E-state index in [-0.39, 0.29) is 12.3 Å². The van der Waals surface area contributed by atoms with Crippen LogP contribution in [0, 0.1) is 0 Å². The van der Waals surface area contributed by atoms with Crippen LogP contribution in [0.4, 0.5) is 10.5 Å². The van der Waals surface area contributed by atoms with Crippen molar-refractivity contribution in [1.29, 1.82) is 0 Å². The highest BCUT2D eigenvalue weighted by molar-refractivity contribution is 5.95. The van der Waals surface area contributed by atoms with Gasteiger partial charge in [-0.15, -0.1) is 0 Å². The van der Waals surface area contributed by atoms with Crippen LogP contribution in [0.25, 0.3) is 0 Å². The maximum Gasteiger partial charge on any atom is 0.410 e. The smallest absolute Gasteiger partial charge is 0.410 e. The molecule has 0 saturated carbocycles. The number of amides is 1. The average molecular weight is 260 g/mol. The van der Waals surface area contributed by atoms with Gasteiger partial charge in [-0.25, -0.2) is 4.79 Å². The fourth-order valence-electron chi connectivity index (χ4n) is 1.86. The topological polar surface area (TPSA) is 58.6 Å². The Morgan fingerprint density at radius 1 is 1.32 bits per heavy atom. The number of para-hydroxylation sites is 1. The Kier molecular flexibility index (Phi) is 4.18. The summed E-state index contributed by atoms with van der Waals surface area (Å²) in [5.74, 6) is -0.113. The van der Waals surface area contributed by atoms with E-state index in [1.165, 1.54) is 11.0 Å². The lowest BCUT2D eigenvalue weighted by Gasteiger charge is -2.26. The third-order valence-electron chi connectivity index (χ3n) is 2.65. The normalized spacial score (nSPS) is 14.9. The van der Waals surface area contributed by atoms with Crippen LogP contribution in [-0.4, -0.2) is 36.5 Å². The Hall–Kier alpha value is -2.30. The molecule has 1 aromatic carbocycles. The number of ether oxygens (including phenoxy) is 1. The van der Waals surface area contributed by atoms with Crippen LogP contribution in [0.1, 0.15) is 6.92 Å². The van der Waals surface area contributed by atoms with Crippen molar-refractivity contribution in [1.82, 2.24) is 4.90 Å². The Labute approximate surface area is 111 Å². The van der Waals surface area contributed by atoms with Gasteiger partial charge >= 0.3 is 6.09 Å².